The monoisotopic (exact) mass is 423 g/mol. The molecule has 7 heteroatoms. The van der Waals surface area contributed by atoms with Crippen molar-refractivity contribution in [1.29, 1.82) is 0 Å². The number of carbonyl (C=O) groups excluding carboxylic acids is 2. The van der Waals surface area contributed by atoms with Crippen LogP contribution in [0, 0.1) is 0 Å². The Morgan fingerprint density at radius 3 is 2.65 bits per heavy atom. The Labute approximate surface area is 182 Å². The van der Waals surface area contributed by atoms with Gasteiger partial charge in [-0.05, 0) is 37.1 Å². The maximum Gasteiger partial charge on any atom is 0.227 e. The molecular weight excluding hydrogens is 394 g/mol. The highest BCUT2D eigenvalue weighted by molar-refractivity contribution is 5.99. The number of ether oxygens (including phenoxy) is 2. The number of hydrogen-bond donors (Lipinski definition) is 1. The second kappa shape index (κ2) is 9.29. The molecule has 2 aliphatic heterocycles. The van der Waals surface area contributed by atoms with E-state index in [1.165, 1.54) is 0 Å². The van der Waals surface area contributed by atoms with Crippen LogP contribution in [0.3, 0.4) is 0 Å². The first-order chi connectivity index (χ1) is 15.1. The molecule has 7 nitrogen and oxygen atoms in total. The van der Waals surface area contributed by atoms with E-state index in [2.05, 4.69) is 16.3 Å². The highest BCUT2D eigenvalue weighted by atomic mass is 16.5. The smallest absolute Gasteiger partial charge is 0.227 e. The van der Waals surface area contributed by atoms with E-state index >= 15 is 0 Å². The van der Waals surface area contributed by atoms with Gasteiger partial charge in [0.05, 0.1) is 25.6 Å². The molecule has 2 heterocycles. The van der Waals surface area contributed by atoms with Crippen LogP contribution in [0.15, 0.2) is 42.5 Å². The molecule has 0 unspecified atom stereocenters. The Bertz CT molecular complexity index is 962. The van der Waals surface area contributed by atoms with Gasteiger partial charge in [0.15, 0.2) is 0 Å². The van der Waals surface area contributed by atoms with Crippen LogP contribution in [0.5, 0.6) is 11.5 Å². The molecule has 0 aliphatic carbocycles. The second-order valence-electron chi connectivity index (χ2n) is 7.94. The molecule has 1 atom stereocenters. The number of fused-ring (bicyclic) bond motifs is 3. The number of anilines is 2. The van der Waals surface area contributed by atoms with Crippen LogP contribution in [0.1, 0.15) is 31.2 Å². The predicted molar refractivity (Wildman–Crippen MR) is 120 cm³/mol. The minimum Gasteiger partial charge on any atom is -0.497 e. The fourth-order valence-electron chi connectivity index (χ4n) is 4.46. The Hall–Kier alpha value is -3.22. The van der Waals surface area contributed by atoms with Gasteiger partial charge < -0.3 is 24.6 Å². The summed E-state index contributed by atoms with van der Waals surface area (Å²) in [6.07, 6.45) is 2.59. The molecule has 164 valence electrons. The van der Waals surface area contributed by atoms with Crippen LogP contribution in [-0.2, 0) is 16.1 Å². The number of nitrogens with zero attached hydrogens (tertiary/aromatic N) is 2. The van der Waals surface area contributed by atoms with Gasteiger partial charge in [-0.1, -0.05) is 12.1 Å². The maximum absolute atomic E-state index is 13.0. The zero-order valence-electron chi connectivity index (χ0n) is 18.1. The van der Waals surface area contributed by atoms with Crippen molar-refractivity contribution in [1.82, 2.24) is 5.32 Å². The highest BCUT2D eigenvalue weighted by Crippen LogP contribution is 2.39. The van der Waals surface area contributed by atoms with Gasteiger partial charge in [0.1, 0.15) is 11.5 Å². The standard InChI is InChI=1S/C24H29N3O4/c1-30-19-10-9-17(22(14-19)31-2)15-25-23(28)11-12-24(29)27-16-18-6-5-13-26(18)20-7-3-4-8-21(20)27/h3-4,7-10,14,18H,5-6,11-13,15-16H2,1-2H3,(H,25,28)/t18-/m0/s1. The number of nitrogens with one attached hydrogen (secondary N) is 1. The third kappa shape index (κ3) is 4.45. The lowest BCUT2D eigenvalue weighted by Gasteiger charge is -2.40. The molecule has 2 amide bonds. The van der Waals surface area contributed by atoms with Gasteiger partial charge in [-0.15, -0.1) is 0 Å². The molecule has 0 radical (unpaired) electrons. The summed E-state index contributed by atoms with van der Waals surface area (Å²) in [5.41, 5.74) is 2.93. The first-order valence-corrected chi connectivity index (χ1v) is 10.7. The zero-order valence-corrected chi connectivity index (χ0v) is 18.1. The molecular formula is C24H29N3O4. The van der Waals surface area contributed by atoms with Crippen molar-refractivity contribution in [3.63, 3.8) is 0 Å². The number of rotatable bonds is 7. The molecule has 1 saturated heterocycles. The quantitative estimate of drug-likeness (QED) is 0.741. The van der Waals surface area contributed by atoms with Gasteiger partial charge in [-0.3, -0.25) is 9.59 Å². The summed E-state index contributed by atoms with van der Waals surface area (Å²) in [6.45, 7) is 2.07. The SMILES string of the molecule is COc1ccc(CNC(=O)CCC(=O)N2C[C@@H]3CCCN3c3ccccc32)c(OC)c1. The van der Waals surface area contributed by atoms with Crippen molar-refractivity contribution in [3.8, 4) is 11.5 Å². The third-order valence-corrected chi connectivity index (χ3v) is 6.09. The molecule has 0 bridgehead atoms. The lowest BCUT2D eigenvalue weighted by Crippen LogP contribution is -2.48. The zero-order chi connectivity index (χ0) is 21.8. The van der Waals surface area contributed by atoms with Crippen LogP contribution in [0.2, 0.25) is 0 Å². The number of amides is 2. The summed E-state index contributed by atoms with van der Waals surface area (Å²) < 4.78 is 10.6. The molecule has 1 N–H and O–H groups in total. The van der Waals surface area contributed by atoms with Crippen LogP contribution in [0.25, 0.3) is 0 Å². The summed E-state index contributed by atoms with van der Waals surface area (Å²) in [7, 11) is 3.18. The fourth-order valence-corrected chi connectivity index (χ4v) is 4.46. The van der Waals surface area contributed by atoms with Gasteiger partial charge in [-0.25, -0.2) is 0 Å². The van der Waals surface area contributed by atoms with Gasteiger partial charge in [0, 0.05) is 50.1 Å². The average Bonchev–Trinajstić information content (AvgIpc) is 3.29. The van der Waals surface area contributed by atoms with E-state index in [4.69, 9.17) is 9.47 Å². The molecule has 4 rings (SSSR count). The van der Waals surface area contributed by atoms with Crippen LogP contribution in [0.4, 0.5) is 11.4 Å². The molecule has 2 aromatic carbocycles. The van der Waals surface area contributed by atoms with Crippen LogP contribution < -0.4 is 24.6 Å². The minimum absolute atomic E-state index is 0.00354. The second-order valence-corrected chi connectivity index (χ2v) is 7.94. The summed E-state index contributed by atoms with van der Waals surface area (Å²) in [4.78, 5) is 29.7. The molecule has 1 fully saturated rings. The molecule has 0 aromatic heterocycles. The summed E-state index contributed by atoms with van der Waals surface area (Å²) in [6, 6.07) is 13.9. The average molecular weight is 424 g/mol. The van der Waals surface area contributed by atoms with Gasteiger partial charge >= 0.3 is 0 Å². The first kappa shape index (κ1) is 21.0. The van der Waals surface area contributed by atoms with E-state index in [1.54, 1.807) is 20.3 Å². The normalized spacial score (nSPS) is 17.0. The lowest BCUT2D eigenvalue weighted by molar-refractivity contribution is -0.125. The maximum atomic E-state index is 13.0. The topological polar surface area (TPSA) is 71.1 Å². The molecule has 2 aromatic rings. The first-order valence-electron chi connectivity index (χ1n) is 10.7. The Balaban J connectivity index is 1.34. The van der Waals surface area contributed by atoms with E-state index in [-0.39, 0.29) is 24.7 Å². The minimum atomic E-state index is -0.154. The lowest BCUT2D eigenvalue weighted by atomic mass is 10.1. The largest absolute Gasteiger partial charge is 0.497 e. The Kier molecular flexibility index (Phi) is 6.30. The van der Waals surface area contributed by atoms with E-state index in [1.807, 2.05) is 35.2 Å². The van der Waals surface area contributed by atoms with Gasteiger partial charge in [0.25, 0.3) is 0 Å². The molecule has 2 aliphatic rings. The van der Waals surface area contributed by atoms with E-state index in [0.717, 1.165) is 36.3 Å². The van der Waals surface area contributed by atoms with Crippen molar-refractivity contribution < 1.29 is 19.1 Å². The molecule has 31 heavy (non-hydrogen) atoms. The summed E-state index contributed by atoms with van der Waals surface area (Å²) in [5, 5.41) is 2.89. The predicted octanol–water partition coefficient (Wildman–Crippen LogP) is 3.12. The van der Waals surface area contributed by atoms with Crippen molar-refractivity contribution in [2.75, 3.05) is 37.1 Å². The highest BCUT2D eigenvalue weighted by Gasteiger charge is 2.35. The number of methoxy groups -OCH3 is 2. The van der Waals surface area contributed by atoms with Gasteiger partial charge in [-0.2, -0.15) is 0 Å². The van der Waals surface area contributed by atoms with Crippen LogP contribution >= 0.6 is 0 Å². The van der Waals surface area contributed by atoms with Crippen molar-refractivity contribution in [2.24, 2.45) is 0 Å². The Morgan fingerprint density at radius 2 is 1.87 bits per heavy atom. The van der Waals surface area contributed by atoms with Crippen LogP contribution in [-0.4, -0.2) is 45.2 Å². The third-order valence-electron chi connectivity index (χ3n) is 6.09. The van der Waals surface area contributed by atoms with Crippen molar-refractivity contribution in [2.45, 2.75) is 38.3 Å². The summed E-state index contributed by atoms with van der Waals surface area (Å²) in [5.74, 6) is 1.19. The molecule has 0 saturated carbocycles. The van der Waals surface area contributed by atoms with Crippen molar-refractivity contribution >= 4 is 23.2 Å². The van der Waals surface area contributed by atoms with E-state index < -0.39 is 0 Å². The van der Waals surface area contributed by atoms with E-state index in [9.17, 15) is 9.59 Å². The Morgan fingerprint density at radius 1 is 1.06 bits per heavy atom. The molecule has 0 spiro atoms. The van der Waals surface area contributed by atoms with E-state index in [0.29, 0.717) is 30.6 Å². The number of carbonyl (C=O) groups is 2. The number of para-hydroxylation sites is 2. The summed E-state index contributed by atoms with van der Waals surface area (Å²) >= 11 is 0. The number of benzene rings is 2. The fraction of sp³-hybridized carbons (Fsp3) is 0.417. The number of hydrogen-bond acceptors (Lipinski definition) is 5. The van der Waals surface area contributed by atoms with Gasteiger partial charge in [0.2, 0.25) is 11.8 Å². The van der Waals surface area contributed by atoms with Crippen molar-refractivity contribution in [3.05, 3.63) is 48.0 Å².